The summed E-state index contributed by atoms with van der Waals surface area (Å²) in [5, 5.41) is 3.25. The molecule has 0 fully saturated rings. The molecule has 3 heteroatoms. The molecule has 1 rings (SSSR count). The van der Waals surface area contributed by atoms with Gasteiger partial charge in [0.05, 0.1) is 6.61 Å². The highest BCUT2D eigenvalue weighted by Gasteiger charge is 2.10. The molecule has 0 radical (unpaired) electrons. The van der Waals surface area contributed by atoms with Crippen LogP contribution in [0.2, 0.25) is 0 Å². The maximum Gasteiger partial charge on any atom is 0.124 e. The third kappa shape index (κ3) is 4.67. The fourth-order valence-corrected chi connectivity index (χ4v) is 1.78. The molecule has 0 amide bonds. The van der Waals surface area contributed by atoms with E-state index >= 15 is 0 Å². The first kappa shape index (κ1) is 15.0. The second-order valence-electron chi connectivity index (χ2n) is 4.45. The summed E-state index contributed by atoms with van der Waals surface area (Å²) in [5.41, 5.74) is 2.47. The minimum atomic E-state index is 0.298. The molecule has 1 unspecified atom stereocenters. The summed E-state index contributed by atoms with van der Waals surface area (Å²) in [7, 11) is 1.96. The molecule has 3 nitrogen and oxygen atoms in total. The van der Waals surface area contributed by atoms with E-state index in [1.807, 2.05) is 14.0 Å². The molecule has 0 saturated carbocycles. The van der Waals surface area contributed by atoms with Gasteiger partial charge in [0.25, 0.3) is 0 Å². The van der Waals surface area contributed by atoms with Crippen LogP contribution in [0.5, 0.6) is 5.75 Å². The number of rotatable bonds is 8. The Morgan fingerprint density at radius 3 is 2.72 bits per heavy atom. The number of ether oxygens (including phenoxy) is 2. The van der Waals surface area contributed by atoms with Crippen molar-refractivity contribution in [3.63, 3.8) is 0 Å². The monoisotopic (exact) mass is 251 g/mol. The van der Waals surface area contributed by atoms with Crippen LogP contribution < -0.4 is 10.1 Å². The topological polar surface area (TPSA) is 30.5 Å². The highest BCUT2D eigenvalue weighted by atomic mass is 16.5. The molecule has 0 aliphatic rings. The largest absolute Gasteiger partial charge is 0.493 e. The van der Waals surface area contributed by atoms with Crippen LogP contribution in [-0.2, 0) is 4.74 Å². The molecule has 1 atom stereocenters. The van der Waals surface area contributed by atoms with Crippen molar-refractivity contribution in [3.8, 4) is 5.75 Å². The molecule has 0 heterocycles. The van der Waals surface area contributed by atoms with Crippen LogP contribution in [0.3, 0.4) is 0 Å². The average Bonchev–Trinajstić information content (AvgIpc) is 2.39. The van der Waals surface area contributed by atoms with Crippen LogP contribution in [0.15, 0.2) is 18.2 Å². The van der Waals surface area contributed by atoms with Crippen LogP contribution in [0.4, 0.5) is 0 Å². The van der Waals surface area contributed by atoms with Gasteiger partial charge in [-0.15, -0.1) is 0 Å². The Morgan fingerprint density at radius 1 is 1.28 bits per heavy atom. The van der Waals surface area contributed by atoms with Crippen LogP contribution in [0, 0.1) is 6.92 Å². The fraction of sp³-hybridized carbons (Fsp3) is 0.600. The lowest BCUT2D eigenvalue weighted by Crippen LogP contribution is -2.14. The van der Waals surface area contributed by atoms with E-state index in [9.17, 15) is 0 Å². The van der Waals surface area contributed by atoms with E-state index in [4.69, 9.17) is 9.47 Å². The Balaban J connectivity index is 2.58. The predicted octanol–water partition coefficient (Wildman–Crippen LogP) is 3.08. The van der Waals surface area contributed by atoms with E-state index in [2.05, 4.69) is 37.4 Å². The predicted molar refractivity (Wildman–Crippen MR) is 75.3 cm³/mol. The van der Waals surface area contributed by atoms with Crippen molar-refractivity contribution in [1.29, 1.82) is 0 Å². The molecular formula is C15H25NO2. The molecule has 0 aliphatic carbocycles. The van der Waals surface area contributed by atoms with E-state index in [1.54, 1.807) is 0 Å². The summed E-state index contributed by atoms with van der Waals surface area (Å²) in [4.78, 5) is 0. The number of hydrogen-bond acceptors (Lipinski definition) is 3. The molecule has 0 bridgehead atoms. The van der Waals surface area contributed by atoms with Gasteiger partial charge in [-0.2, -0.15) is 0 Å². The Hall–Kier alpha value is -1.06. The first-order valence-corrected chi connectivity index (χ1v) is 6.67. The molecule has 1 N–H and O–H groups in total. The van der Waals surface area contributed by atoms with Gasteiger partial charge in [-0.05, 0) is 33.9 Å². The van der Waals surface area contributed by atoms with Gasteiger partial charge >= 0.3 is 0 Å². The first-order chi connectivity index (χ1) is 8.69. The highest BCUT2D eigenvalue weighted by Crippen LogP contribution is 2.26. The summed E-state index contributed by atoms with van der Waals surface area (Å²) in [6.45, 7) is 8.48. The van der Waals surface area contributed by atoms with E-state index < -0.39 is 0 Å². The molecule has 0 spiro atoms. The Labute approximate surface area is 110 Å². The quantitative estimate of drug-likeness (QED) is 0.720. The van der Waals surface area contributed by atoms with Crippen molar-refractivity contribution in [2.24, 2.45) is 0 Å². The molecular weight excluding hydrogens is 226 g/mol. The Bertz CT molecular complexity index is 352. The van der Waals surface area contributed by atoms with Gasteiger partial charge in [0.15, 0.2) is 0 Å². The lowest BCUT2D eigenvalue weighted by molar-refractivity contribution is 0.130. The second kappa shape index (κ2) is 8.11. The van der Waals surface area contributed by atoms with Gasteiger partial charge in [-0.3, -0.25) is 0 Å². The summed E-state index contributed by atoms with van der Waals surface area (Å²) >= 11 is 0. The number of aryl methyl sites for hydroxylation is 1. The van der Waals surface area contributed by atoms with Gasteiger partial charge < -0.3 is 14.8 Å². The van der Waals surface area contributed by atoms with Gasteiger partial charge in [0.2, 0.25) is 0 Å². The normalized spacial score (nSPS) is 12.4. The lowest BCUT2D eigenvalue weighted by Gasteiger charge is -2.17. The van der Waals surface area contributed by atoms with Crippen LogP contribution in [-0.4, -0.2) is 26.9 Å². The van der Waals surface area contributed by atoms with Gasteiger partial charge in [-0.1, -0.05) is 17.7 Å². The van der Waals surface area contributed by atoms with Gasteiger partial charge in [0, 0.05) is 31.2 Å². The summed E-state index contributed by atoms with van der Waals surface area (Å²) in [6, 6.07) is 6.62. The van der Waals surface area contributed by atoms with Crippen molar-refractivity contribution in [1.82, 2.24) is 5.32 Å². The smallest absolute Gasteiger partial charge is 0.124 e. The molecule has 18 heavy (non-hydrogen) atoms. The van der Waals surface area contributed by atoms with Crippen LogP contribution >= 0.6 is 0 Å². The molecule has 1 aromatic carbocycles. The standard InChI is InChI=1S/C15H25NO2/c1-5-17-9-6-10-18-15-8-7-12(2)11-14(15)13(3)16-4/h7-8,11,13,16H,5-6,9-10H2,1-4H3. The molecule has 1 aromatic rings. The maximum absolute atomic E-state index is 5.84. The van der Waals surface area contributed by atoms with E-state index in [-0.39, 0.29) is 0 Å². The Morgan fingerprint density at radius 2 is 2.06 bits per heavy atom. The third-order valence-electron chi connectivity index (χ3n) is 2.96. The van der Waals surface area contributed by atoms with Crippen LogP contribution in [0.1, 0.15) is 37.4 Å². The lowest BCUT2D eigenvalue weighted by atomic mass is 10.0. The maximum atomic E-state index is 5.84. The first-order valence-electron chi connectivity index (χ1n) is 6.67. The number of hydrogen-bond donors (Lipinski definition) is 1. The van der Waals surface area contributed by atoms with Crippen molar-refractivity contribution >= 4 is 0 Å². The van der Waals surface area contributed by atoms with Crippen molar-refractivity contribution in [2.45, 2.75) is 33.2 Å². The summed E-state index contributed by atoms with van der Waals surface area (Å²) in [6.07, 6.45) is 0.926. The van der Waals surface area contributed by atoms with Gasteiger partial charge in [-0.25, -0.2) is 0 Å². The van der Waals surface area contributed by atoms with E-state index in [0.717, 1.165) is 25.4 Å². The zero-order valence-electron chi connectivity index (χ0n) is 12.0. The molecule has 0 saturated heterocycles. The van der Waals surface area contributed by atoms with E-state index in [0.29, 0.717) is 12.6 Å². The van der Waals surface area contributed by atoms with Crippen molar-refractivity contribution in [2.75, 3.05) is 26.9 Å². The van der Waals surface area contributed by atoms with Crippen LogP contribution in [0.25, 0.3) is 0 Å². The Kier molecular flexibility index (Phi) is 6.76. The average molecular weight is 251 g/mol. The van der Waals surface area contributed by atoms with Crippen molar-refractivity contribution in [3.05, 3.63) is 29.3 Å². The minimum Gasteiger partial charge on any atom is -0.493 e. The zero-order chi connectivity index (χ0) is 13.4. The fourth-order valence-electron chi connectivity index (χ4n) is 1.78. The van der Waals surface area contributed by atoms with Gasteiger partial charge in [0.1, 0.15) is 5.75 Å². The van der Waals surface area contributed by atoms with E-state index in [1.165, 1.54) is 11.1 Å². The summed E-state index contributed by atoms with van der Waals surface area (Å²) < 4.78 is 11.1. The molecule has 102 valence electrons. The third-order valence-corrected chi connectivity index (χ3v) is 2.96. The minimum absolute atomic E-state index is 0.298. The molecule has 0 aliphatic heterocycles. The number of nitrogens with one attached hydrogen (secondary N) is 1. The summed E-state index contributed by atoms with van der Waals surface area (Å²) in [5.74, 6) is 0.971. The SMILES string of the molecule is CCOCCCOc1ccc(C)cc1C(C)NC. The second-order valence-corrected chi connectivity index (χ2v) is 4.45. The zero-order valence-corrected chi connectivity index (χ0v) is 12.0. The number of benzene rings is 1. The van der Waals surface area contributed by atoms with Crippen molar-refractivity contribution < 1.29 is 9.47 Å². The molecule has 0 aromatic heterocycles. The highest BCUT2D eigenvalue weighted by molar-refractivity contribution is 5.38.